The van der Waals surface area contributed by atoms with E-state index in [-0.39, 0.29) is 36.2 Å². The van der Waals surface area contributed by atoms with Gasteiger partial charge in [0.15, 0.2) is 0 Å². The molecule has 7 nitrogen and oxygen atoms in total. The van der Waals surface area contributed by atoms with Gasteiger partial charge in [-0.05, 0) is 66.4 Å². The Morgan fingerprint density at radius 3 is 2.08 bits per heavy atom. The molecule has 3 aromatic rings. The van der Waals surface area contributed by atoms with Crippen LogP contribution in [0, 0.1) is 0 Å². The van der Waals surface area contributed by atoms with Gasteiger partial charge >= 0.3 is 0 Å². The standard InChI is InChI=1S/C29H33Cl2N3O4/c30-16-18-34(19-17-31)27-6-2-1-4-22(27)5-3-7-28(37)33-26(20-21-8-12-24(35)13-9-21)29(38)32-23-10-14-25(36)15-11-23/h1-2,4,6,8-15,26,35-36H,3,5,7,16-20H2,(H,32,38)(H,33,37)/t26-/m0/s1. The first-order valence-corrected chi connectivity index (χ1v) is 13.6. The summed E-state index contributed by atoms with van der Waals surface area (Å²) in [6.45, 7) is 1.36. The predicted molar refractivity (Wildman–Crippen MR) is 154 cm³/mol. The molecule has 0 radical (unpaired) electrons. The highest BCUT2D eigenvalue weighted by molar-refractivity contribution is 6.18. The van der Waals surface area contributed by atoms with E-state index in [9.17, 15) is 19.8 Å². The summed E-state index contributed by atoms with van der Waals surface area (Å²) in [4.78, 5) is 28.1. The zero-order chi connectivity index (χ0) is 27.3. The SMILES string of the molecule is O=C(CCCc1ccccc1N(CCCl)CCCl)N[C@@H](Cc1ccc(O)cc1)C(=O)Nc1ccc(O)cc1. The van der Waals surface area contributed by atoms with E-state index in [1.165, 1.54) is 12.1 Å². The number of phenols is 2. The van der Waals surface area contributed by atoms with Crippen LogP contribution >= 0.6 is 23.2 Å². The second kappa shape index (κ2) is 15.1. The number of carbonyl (C=O) groups is 2. The van der Waals surface area contributed by atoms with E-state index in [1.54, 1.807) is 36.4 Å². The number of amides is 2. The second-order valence-electron chi connectivity index (χ2n) is 8.87. The lowest BCUT2D eigenvalue weighted by atomic mass is 10.0. The van der Waals surface area contributed by atoms with Crippen LogP contribution in [0.2, 0.25) is 0 Å². The van der Waals surface area contributed by atoms with Crippen LogP contribution in [0.1, 0.15) is 24.0 Å². The largest absolute Gasteiger partial charge is 0.508 e. The quantitative estimate of drug-likeness (QED) is 0.164. The average molecular weight is 559 g/mol. The molecule has 38 heavy (non-hydrogen) atoms. The van der Waals surface area contributed by atoms with Crippen LogP contribution in [0.5, 0.6) is 11.5 Å². The van der Waals surface area contributed by atoms with Crippen LogP contribution in [0.3, 0.4) is 0 Å². The van der Waals surface area contributed by atoms with E-state index in [4.69, 9.17) is 23.2 Å². The molecular weight excluding hydrogens is 525 g/mol. The Hall–Kier alpha value is -3.42. The number of para-hydroxylation sites is 1. The summed E-state index contributed by atoms with van der Waals surface area (Å²) in [6.07, 6.45) is 1.79. The molecule has 0 heterocycles. The Morgan fingerprint density at radius 2 is 1.45 bits per heavy atom. The molecule has 9 heteroatoms. The minimum atomic E-state index is -0.823. The van der Waals surface area contributed by atoms with Gasteiger partial charge in [-0.2, -0.15) is 0 Å². The van der Waals surface area contributed by atoms with Gasteiger partial charge in [0.1, 0.15) is 17.5 Å². The van der Waals surface area contributed by atoms with Gasteiger partial charge in [-0.15, -0.1) is 23.2 Å². The molecule has 202 valence electrons. The molecule has 2 amide bonds. The fourth-order valence-corrected chi connectivity index (χ4v) is 4.55. The number of hydrogen-bond acceptors (Lipinski definition) is 5. The van der Waals surface area contributed by atoms with Crippen molar-refractivity contribution in [3.05, 3.63) is 83.9 Å². The van der Waals surface area contributed by atoms with Crippen LogP contribution in [0.15, 0.2) is 72.8 Å². The van der Waals surface area contributed by atoms with E-state index < -0.39 is 6.04 Å². The summed E-state index contributed by atoms with van der Waals surface area (Å²) < 4.78 is 0. The Bertz CT molecular complexity index is 1170. The van der Waals surface area contributed by atoms with Gasteiger partial charge in [-0.25, -0.2) is 0 Å². The van der Waals surface area contributed by atoms with Gasteiger partial charge in [0, 0.05) is 49.1 Å². The number of aryl methyl sites for hydroxylation is 1. The number of rotatable bonds is 14. The third kappa shape index (κ3) is 9.15. The normalized spacial score (nSPS) is 11.5. The fourth-order valence-electron chi connectivity index (χ4n) is 4.14. The number of halogens is 2. The first-order valence-electron chi connectivity index (χ1n) is 12.5. The predicted octanol–water partition coefficient (Wildman–Crippen LogP) is 5.07. The van der Waals surface area contributed by atoms with Gasteiger partial charge in [0.05, 0.1) is 0 Å². The van der Waals surface area contributed by atoms with Gasteiger partial charge < -0.3 is 25.7 Å². The van der Waals surface area contributed by atoms with Crippen molar-refractivity contribution in [1.82, 2.24) is 5.32 Å². The van der Waals surface area contributed by atoms with Gasteiger partial charge in [0.2, 0.25) is 11.8 Å². The Labute approximate surface area is 233 Å². The maximum atomic E-state index is 13.1. The summed E-state index contributed by atoms with van der Waals surface area (Å²) in [5, 5.41) is 24.7. The molecule has 0 fully saturated rings. The van der Waals surface area contributed by atoms with Crippen LogP contribution in [-0.2, 0) is 22.4 Å². The van der Waals surface area contributed by atoms with Crippen LogP contribution in [-0.4, -0.2) is 52.9 Å². The number of nitrogens with zero attached hydrogens (tertiary/aromatic N) is 1. The second-order valence-corrected chi connectivity index (χ2v) is 9.63. The summed E-state index contributed by atoms with van der Waals surface area (Å²) in [5.74, 6) is 0.585. The molecule has 4 N–H and O–H groups in total. The highest BCUT2D eigenvalue weighted by Crippen LogP contribution is 2.23. The molecule has 0 unspecified atom stereocenters. The van der Waals surface area contributed by atoms with E-state index in [1.807, 2.05) is 24.3 Å². The van der Waals surface area contributed by atoms with Crippen molar-refractivity contribution in [2.45, 2.75) is 31.7 Å². The Balaban J connectivity index is 1.64. The summed E-state index contributed by atoms with van der Waals surface area (Å²) >= 11 is 12.0. The van der Waals surface area contributed by atoms with Crippen molar-refractivity contribution in [2.24, 2.45) is 0 Å². The molecule has 3 aromatic carbocycles. The summed E-state index contributed by atoms with van der Waals surface area (Å²) in [7, 11) is 0. The lowest BCUT2D eigenvalue weighted by Crippen LogP contribution is -2.45. The minimum absolute atomic E-state index is 0.0898. The number of nitrogens with one attached hydrogen (secondary N) is 2. The maximum Gasteiger partial charge on any atom is 0.247 e. The average Bonchev–Trinajstić information content (AvgIpc) is 2.91. The lowest BCUT2D eigenvalue weighted by Gasteiger charge is -2.25. The number of benzene rings is 3. The third-order valence-electron chi connectivity index (χ3n) is 6.05. The molecule has 0 aliphatic heterocycles. The lowest BCUT2D eigenvalue weighted by molar-refractivity contribution is -0.126. The fraction of sp³-hybridized carbons (Fsp3) is 0.310. The molecule has 0 saturated carbocycles. The zero-order valence-electron chi connectivity index (χ0n) is 21.1. The highest BCUT2D eigenvalue weighted by Gasteiger charge is 2.22. The molecule has 0 spiro atoms. The van der Waals surface area contributed by atoms with E-state index in [0.717, 1.165) is 16.8 Å². The van der Waals surface area contributed by atoms with Crippen LogP contribution in [0.25, 0.3) is 0 Å². The van der Waals surface area contributed by atoms with Crippen molar-refractivity contribution in [3.63, 3.8) is 0 Å². The van der Waals surface area contributed by atoms with Crippen molar-refractivity contribution >= 4 is 46.4 Å². The van der Waals surface area contributed by atoms with Crippen molar-refractivity contribution in [2.75, 3.05) is 35.1 Å². The van der Waals surface area contributed by atoms with E-state index in [2.05, 4.69) is 15.5 Å². The third-order valence-corrected chi connectivity index (χ3v) is 6.39. The smallest absolute Gasteiger partial charge is 0.247 e. The monoisotopic (exact) mass is 557 g/mol. The van der Waals surface area contributed by atoms with E-state index >= 15 is 0 Å². The van der Waals surface area contributed by atoms with E-state index in [0.29, 0.717) is 43.4 Å². The first-order chi connectivity index (χ1) is 18.4. The zero-order valence-corrected chi connectivity index (χ0v) is 22.6. The summed E-state index contributed by atoms with van der Waals surface area (Å²) in [6, 6.07) is 19.8. The molecule has 3 rings (SSSR count). The minimum Gasteiger partial charge on any atom is -0.508 e. The van der Waals surface area contributed by atoms with Crippen molar-refractivity contribution in [1.29, 1.82) is 0 Å². The van der Waals surface area contributed by atoms with Gasteiger partial charge in [0.25, 0.3) is 0 Å². The number of aromatic hydroxyl groups is 2. The summed E-state index contributed by atoms with van der Waals surface area (Å²) in [5.41, 5.74) is 3.48. The molecular formula is C29H33Cl2N3O4. The Kier molecular flexibility index (Phi) is 11.6. The highest BCUT2D eigenvalue weighted by atomic mass is 35.5. The van der Waals surface area contributed by atoms with Gasteiger partial charge in [-0.3, -0.25) is 9.59 Å². The topological polar surface area (TPSA) is 102 Å². The van der Waals surface area contributed by atoms with Gasteiger partial charge in [-0.1, -0.05) is 30.3 Å². The molecule has 0 bridgehead atoms. The van der Waals surface area contributed by atoms with Crippen LogP contribution in [0.4, 0.5) is 11.4 Å². The number of carbonyl (C=O) groups excluding carboxylic acids is 2. The molecule has 1 atom stereocenters. The van der Waals surface area contributed by atoms with Crippen molar-refractivity contribution in [3.8, 4) is 11.5 Å². The number of alkyl halides is 2. The number of anilines is 2. The van der Waals surface area contributed by atoms with Crippen LogP contribution < -0.4 is 15.5 Å². The maximum absolute atomic E-state index is 13.1. The Morgan fingerprint density at radius 1 is 0.842 bits per heavy atom. The first kappa shape index (κ1) is 29.1. The molecule has 0 saturated heterocycles. The molecule has 0 aliphatic carbocycles. The van der Waals surface area contributed by atoms with Crippen molar-refractivity contribution < 1.29 is 19.8 Å². The molecule has 0 aromatic heterocycles. The number of hydrogen-bond donors (Lipinski definition) is 4. The molecule has 0 aliphatic rings. The number of phenolic OH excluding ortho intramolecular Hbond substituents is 2.